The normalized spacial score (nSPS) is 21.9. The average molecular weight is 276 g/mol. The van der Waals surface area contributed by atoms with Gasteiger partial charge in [0.15, 0.2) is 0 Å². The zero-order valence-corrected chi connectivity index (χ0v) is 11.9. The highest BCUT2D eigenvalue weighted by molar-refractivity contribution is 5.95. The van der Waals surface area contributed by atoms with Gasteiger partial charge in [-0.3, -0.25) is 9.59 Å². The van der Waals surface area contributed by atoms with E-state index in [1.54, 1.807) is 17.0 Å². The number of carbonyl (C=O) groups is 2. The molecule has 0 saturated carbocycles. The molecule has 0 aliphatic carbocycles. The van der Waals surface area contributed by atoms with Crippen molar-refractivity contribution >= 4 is 11.9 Å². The number of ether oxygens (including phenoxy) is 1. The van der Waals surface area contributed by atoms with Gasteiger partial charge in [-0.15, -0.1) is 0 Å². The molecule has 1 aliphatic rings. The van der Waals surface area contributed by atoms with E-state index < -0.39 is 5.41 Å². The lowest BCUT2D eigenvalue weighted by molar-refractivity contribution is -0.150. The Morgan fingerprint density at radius 2 is 2.00 bits per heavy atom. The van der Waals surface area contributed by atoms with Crippen LogP contribution in [-0.2, 0) is 16.1 Å². The lowest BCUT2D eigenvalue weighted by Crippen LogP contribution is -2.35. The minimum atomic E-state index is -0.596. The maximum absolute atomic E-state index is 12.4. The van der Waals surface area contributed by atoms with Gasteiger partial charge < -0.3 is 15.4 Å². The Labute approximate surface area is 118 Å². The van der Waals surface area contributed by atoms with Crippen LogP contribution < -0.4 is 5.73 Å². The molecule has 1 heterocycles. The third kappa shape index (κ3) is 2.67. The Bertz CT molecular complexity index is 512. The SMILES string of the molecule is COC(=O)C1(C)CCN(C(=O)c2ccc(CN)cc2)C1. The van der Waals surface area contributed by atoms with Crippen LogP contribution in [0.1, 0.15) is 29.3 Å². The number of benzene rings is 1. The molecule has 1 amide bonds. The predicted octanol–water partition coefficient (Wildman–Crippen LogP) is 1.17. The van der Waals surface area contributed by atoms with E-state index >= 15 is 0 Å². The first kappa shape index (κ1) is 14.5. The quantitative estimate of drug-likeness (QED) is 0.841. The van der Waals surface area contributed by atoms with Crippen LogP contribution >= 0.6 is 0 Å². The molecule has 5 heteroatoms. The first-order chi connectivity index (χ1) is 9.50. The van der Waals surface area contributed by atoms with Crippen LogP contribution in [0.3, 0.4) is 0 Å². The Morgan fingerprint density at radius 3 is 2.55 bits per heavy atom. The number of nitrogens with two attached hydrogens (primary N) is 1. The van der Waals surface area contributed by atoms with Crippen LogP contribution in [-0.4, -0.2) is 37.0 Å². The number of methoxy groups -OCH3 is 1. The molecule has 0 spiro atoms. The molecule has 1 aromatic rings. The Morgan fingerprint density at radius 1 is 1.35 bits per heavy atom. The topological polar surface area (TPSA) is 72.6 Å². The van der Waals surface area contributed by atoms with Gasteiger partial charge in [-0.05, 0) is 31.0 Å². The average Bonchev–Trinajstić information content (AvgIpc) is 2.89. The van der Waals surface area contributed by atoms with Crippen LogP contribution in [0.5, 0.6) is 0 Å². The molecular weight excluding hydrogens is 256 g/mol. The molecule has 1 saturated heterocycles. The zero-order chi connectivity index (χ0) is 14.8. The maximum Gasteiger partial charge on any atom is 0.313 e. The number of likely N-dealkylation sites (tertiary alicyclic amines) is 1. The van der Waals surface area contributed by atoms with E-state index in [2.05, 4.69) is 0 Å². The monoisotopic (exact) mass is 276 g/mol. The second-order valence-electron chi connectivity index (χ2n) is 5.43. The van der Waals surface area contributed by atoms with E-state index in [0.717, 1.165) is 5.56 Å². The summed E-state index contributed by atoms with van der Waals surface area (Å²) in [5, 5.41) is 0. The predicted molar refractivity (Wildman–Crippen MR) is 75.0 cm³/mol. The fourth-order valence-electron chi connectivity index (χ4n) is 2.51. The molecule has 5 nitrogen and oxygen atoms in total. The Kier molecular flexibility index (Phi) is 4.09. The summed E-state index contributed by atoms with van der Waals surface area (Å²) in [6.45, 7) is 3.27. The van der Waals surface area contributed by atoms with Gasteiger partial charge in [0.2, 0.25) is 0 Å². The van der Waals surface area contributed by atoms with Crippen molar-refractivity contribution in [3.63, 3.8) is 0 Å². The maximum atomic E-state index is 12.4. The number of rotatable bonds is 3. The smallest absolute Gasteiger partial charge is 0.313 e. The van der Waals surface area contributed by atoms with Crippen molar-refractivity contribution in [2.75, 3.05) is 20.2 Å². The fraction of sp³-hybridized carbons (Fsp3) is 0.467. The number of carbonyl (C=O) groups excluding carboxylic acids is 2. The molecule has 0 bridgehead atoms. The van der Waals surface area contributed by atoms with Crippen LogP contribution in [0, 0.1) is 5.41 Å². The minimum Gasteiger partial charge on any atom is -0.469 e. The van der Waals surface area contributed by atoms with E-state index in [-0.39, 0.29) is 11.9 Å². The molecule has 1 atom stereocenters. The summed E-state index contributed by atoms with van der Waals surface area (Å²) in [6.07, 6.45) is 0.631. The van der Waals surface area contributed by atoms with Crippen molar-refractivity contribution in [1.82, 2.24) is 4.90 Å². The molecule has 1 aliphatic heterocycles. The Balaban J connectivity index is 2.09. The zero-order valence-electron chi connectivity index (χ0n) is 11.9. The summed E-state index contributed by atoms with van der Waals surface area (Å²) < 4.78 is 4.81. The van der Waals surface area contributed by atoms with Crippen molar-refractivity contribution in [3.8, 4) is 0 Å². The van der Waals surface area contributed by atoms with E-state index in [9.17, 15) is 9.59 Å². The number of nitrogens with zero attached hydrogens (tertiary/aromatic N) is 1. The lowest BCUT2D eigenvalue weighted by Gasteiger charge is -2.21. The first-order valence-corrected chi connectivity index (χ1v) is 6.67. The van der Waals surface area contributed by atoms with Crippen molar-refractivity contribution in [3.05, 3.63) is 35.4 Å². The van der Waals surface area contributed by atoms with Gasteiger partial charge in [0.1, 0.15) is 0 Å². The summed E-state index contributed by atoms with van der Waals surface area (Å²) in [5.74, 6) is -0.313. The second-order valence-corrected chi connectivity index (χ2v) is 5.43. The molecule has 0 radical (unpaired) electrons. The lowest BCUT2D eigenvalue weighted by atomic mass is 9.90. The molecule has 0 aromatic heterocycles. The highest BCUT2D eigenvalue weighted by Gasteiger charge is 2.43. The van der Waals surface area contributed by atoms with Gasteiger partial charge >= 0.3 is 5.97 Å². The molecule has 2 rings (SSSR count). The van der Waals surface area contributed by atoms with Crippen molar-refractivity contribution in [2.45, 2.75) is 19.9 Å². The molecular formula is C15H20N2O3. The Hall–Kier alpha value is -1.88. The molecule has 1 aromatic carbocycles. The van der Waals surface area contributed by atoms with E-state index in [1.165, 1.54) is 7.11 Å². The first-order valence-electron chi connectivity index (χ1n) is 6.67. The second kappa shape index (κ2) is 5.63. The van der Waals surface area contributed by atoms with Crippen LogP contribution in [0.4, 0.5) is 0 Å². The van der Waals surface area contributed by atoms with Gasteiger partial charge in [-0.25, -0.2) is 0 Å². The summed E-state index contributed by atoms with van der Waals surface area (Å²) in [4.78, 5) is 25.8. The van der Waals surface area contributed by atoms with Crippen molar-refractivity contribution < 1.29 is 14.3 Å². The van der Waals surface area contributed by atoms with Crippen LogP contribution in [0.25, 0.3) is 0 Å². The summed E-state index contributed by atoms with van der Waals surface area (Å²) in [7, 11) is 1.38. The van der Waals surface area contributed by atoms with E-state index in [4.69, 9.17) is 10.5 Å². The third-order valence-corrected chi connectivity index (χ3v) is 3.88. The van der Waals surface area contributed by atoms with Gasteiger partial charge in [0, 0.05) is 25.2 Å². The number of hydrogen-bond acceptors (Lipinski definition) is 4. The van der Waals surface area contributed by atoms with Crippen LogP contribution in [0.15, 0.2) is 24.3 Å². The summed E-state index contributed by atoms with van der Waals surface area (Å²) in [5.41, 5.74) is 6.55. The number of amides is 1. The minimum absolute atomic E-state index is 0.0544. The molecule has 108 valence electrons. The van der Waals surface area contributed by atoms with Crippen molar-refractivity contribution in [2.24, 2.45) is 11.1 Å². The van der Waals surface area contributed by atoms with E-state index in [1.807, 2.05) is 19.1 Å². The van der Waals surface area contributed by atoms with Gasteiger partial charge in [0.05, 0.1) is 12.5 Å². The standard InChI is InChI=1S/C15H20N2O3/c1-15(14(19)20-2)7-8-17(10-15)13(18)12-5-3-11(9-16)4-6-12/h3-6H,7-10,16H2,1-2H3. The highest BCUT2D eigenvalue weighted by Crippen LogP contribution is 2.32. The number of esters is 1. The molecule has 1 fully saturated rings. The third-order valence-electron chi connectivity index (χ3n) is 3.88. The van der Waals surface area contributed by atoms with Gasteiger partial charge in [-0.1, -0.05) is 12.1 Å². The summed E-state index contributed by atoms with van der Waals surface area (Å²) >= 11 is 0. The highest BCUT2D eigenvalue weighted by atomic mass is 16.5. The summed E-state index contributed by atoms with van der Waals surface area (Å²) in [6, 6.07) is 7.25. The van der Waals surface area contributed by atoms with Crippen molar-refractivity contribution in [1.29, 1.82) is 0 Å². The molecule has 20 heavy (non-hydrogen) atoms. The number of hydrogen-bond donors (Lipinski definition) is 1. The molecule has 2 N–H and O–H groups in total. The van der Waals surface area contributed by atoms with E-state index in [0.29, 0.717) is 31.6 Å². The van der Waals surface area contributed by atoms with Gasteiger partial charge in [0.25, 0.3) is 5.91 Å². The van der Waals surface area contributed by atoms with Crippen LogP contribution in [0.2, 0.25) is 0 Å². The van der Waals surface area contributed by atoms with Gasteiger partial charge in [-0.2, -0.15) is 0 Å². The fourth-order valence-corrected chi connectivity index (χ4v) is 2.51. The largest absolute Gasteiger partial charge is 0.469 e. The molecule has 1 unspecified atom stereocenters.